The summed E-state index contributed by atoms with van der Waals surface area (Å²) in [7, 11) is 1.71. The van der Waals surface area contributed by atoms with E-state index in [2.05, 4.69) is 9.88 Å². The van der Waals surface area contributed by atoms with Crippen molar-refractivity contribution < 1.29 is 4.74 Å². The van der Waals surface area contributed by atoms with Crippen LogP contribution in [-0.4, -0.2) is 36.1 Å². The SMILES string of the molecule is COCc1cnc(CN2CCC(N)C2)s1.Cl. The first-order valence-electron chi connectivity index (χ1n) is 5.18. The second-order valence-corrected chi connectivity index (χ2v) is 5.14. The fourth-order valence-electron chi connectivity index (χ4n) is 1.83. The van der Waals surface area contributed by atoms with Gasteiger partial charge in [-0.3, -0.25) is 4.90 Å². The zero-order chi connectivity index (χ0) is 10.7. The molecule has 1 aromatic heterocycles. The van der Waals surface area contributed by atoms with Crippen molar-refractivity contribution in [3.63, 3.8) is 0 Å². The van der Waals surface area contributed by atoms with Gasteiger partial charge in [-0.15, -0.1) is 23.7 Å². The van der Waals surface area contributed by atoms with Crippen LogP contribution in [0.4, 0.5) is 0 Å². The molecule has 0 bridgehead atoms. The number of nitrogens with zero attached hydrogens (tertiary/aromatic N) is 2. The Morgan fingerprint density at radius 3 is 3.12 bits per heavy atom. The highest BCUT2D eigenvalue weighted by molar-refractivity contribution is 7.11. The van der Waals surface area contributed by atoms with E-state index in [9.17, 15) is 0 Å². The van der Waals surface area contributed by atoms with Crippen molar-refractivity contribution in [1.82, 2.24) is 9.88 Å². The Labute approximate surface area is 106 Å². The fraction of sp³-hybridized carbons (Fsp3) is 0.700. The van der Waals surface area contributed by atoms with Crippen LogP contribution < -0.4 is 5.73 Å². The van der Waals surface area contributed by atoms with Gasteiger partial charge in [-0.1, -0.05) is 0 Å². The molecule has 2 heterocycles. The standard InChI is InChI=1S/C10H17N3OS.ClH/c1-14-7-9-4-12-10(15-9)6-13-3-2-8(11)5-13;/h4,8H,2-3,5-7,11H2,1H3;1H. The Kier molecular flexibility index (Phi) is 5.64. The number of methoxy groups -OCH3 is 1. The van der Waals surface area contributed by atoms with Gasteiger partial charge in [0.2, 0.25) is 0 Å². The van der Waals surface area contributed by atoms with Crippen LogP contribution in [0.1, 0.15) is 16.3 Å². The average molecular weight is 264 g/mol. The predicted molar refractivity (Wildman–Crippen MR) is 67.9 cm³/mol. The van der Waals surface area contributed by atoms with Crippen molar-refractivity contribution in [3.8, 4) is 0 Å². The molecule has 2 N–H and O–H groups in total. The normalized spacial score (nSPS) is 21.0. The van der Waals surface area contributed by atoms with Crippen LogP contribution in [0.25, 0.3) is 0 Å². The lowest BCUT2D eigenvalue weighted by Crippen LogP contribution is -2.26. The van der Waals surface area contributed by atoms with Crippen LogP contribution in [0.5, 0.6) is 0 Å². The van der Waals surface area contributed by atoms with Gasteiger partial charge in [0.05, 0.1) is 18.0 Å². The molecule has 0 aromatic carbocycles. The number of hydrogen-bond donors (Lipinski definition) is 1. The zero-order valence-electron chi connectivity index (χ0n) is 9.39. The van der Waals surface area contributed by atoms with E-state index in [1.807, 2.05) is 6.20 Å². The van der Waals surface area contributed by atoms with Gasteiger partial charge in [0.15, 0.2) is 0 Å². The van der Waals surface area contributed by atoms with Crippen LogP contribution in [0.3, 0.4) is 0 Å². The summed E-state index contributed by atoms with van der Waals surface area (Å²) in [6.45, 7) is 3.69. The molecule has 6 heteroatoms. The second-order valence-electron chi connectivity index (χ2n) is 3.94. The van der Waals surface area contributed by atoms with Crippen molar-refractivity contribution in [2.45, 2.75) is 25.6 Å². The Bertz CT molecular complexity index is 321. The Morgan fingerprint density at radius 2 is 2.50 bits per heavy atom. The molecule has 1 aliphatic heterocycles. The number of nitrogens with two attached hydrogens (primary N) is 1. The zero-order valence-corrected chi connectivity index (χ0v) is 11.0. The highest BCUT2D eigenvalue weighted by Crippen LogP contribution is 2.18. The van der Waals surface area contributed by atoms with Crippen molar-refractivity contribution in [2.75, 3.05) is 20.2 Å². The molecule has 92 valence electrons. The molecule has 4 nitrogen and oxygen atoms in total. The molecule has 1 atom stereocenters. The number of halogens is 1. The molecule has 1 saturated heterocycles. The summed E-state index contributed by atoms with van der Waals surface area (Å²) in [6, 6.07) is 0.350. The summed E-state index contributed by atoms with van der Waals surface area (Å²) in [4.78, 5) is 7.93. The summed E-state index contributed by atoms with van der Waals surface area (Å²) in [5, 5.41) is 1.16. The fourth-order valence-corrected chi connectivity index (χ4v) is 2.76. The van der Waals surface area contributed by atoms with E-state index in [1.165, 1.54) is 4.88 Å². The molecule has 1 aliphatic rings. The van der Waals surface area contributed by atoms with Gasteiger partial charge < -0.3 is 10.5 Å². The first-order chi connectivity index (χ1) is 7.28. The number of hydrogen-bond acceptors (Lipinski definition) is 5. The number of likely N-dealkylation sites (tertiary alicyclic amines) is 1. The third kappa shape index (κ3) is 3.68. The van der Waals surface area contributed by atoms with Crippen molar-refractivity contribution in [2.24, 2.45) is 5.73 Å². The predicted octanol–water partition coefficient (Wildman–Crippen LogP) is 1.24. The lowest BCUT2D eigenvalue weighted by Gasteiger charge is -2.12. The molecular weight excluding hydrogens is 246 g/mol. The van der Waals surface area contributed by atoms with Crippen LogP contribution >= 0.6 is 23.7 Å². The quantitative estimate of drug-likeness (QED) is 0.888. The third-order valence-electron chi connectivity index (χ3n) is 2.56. The van der Waals surface area contributed by atoms with Gasteiger partial charge in [0.1, 0.15) is 5.01 Å². The number of rotatable bonds is 4. The maximum Gasteiger partial charge on any atom is 0.107 e. The summed E-state index contributed by atoms with van der Waals surface area (Å²) < 4.78 is 5.07. The largest absolute Gasteiger partial charge is 0.379 e. The Hall–Kier alpha value is -0.200. The first kappa shape index (κ1) is 13.9. The van der Waals surface area contributed by atoms with Crippen LogP contribution in [0, 0.1) is 0 Å². The number of ether oxygens (including phenoxy) is 1. The van der Waals surface area contributed by atoms with Crippen LogP contribution in [0.2, 0.25) is 0 Å². The molecule has 0 aliphatic carbocycles. The van der Waals surface area contributed by atoms with E-state index in [-0.39, 0.29) is 12.4 Å². The van der Waals surface area contributed by atoms with E-state index in [4.69, 9.17) is 10.5 Å². The van der Waals surface area contributed by atoms with Gasteiger partial charge in [-0.25, -0.2) is 4.98 Å². The van der Waals surface area contributed by atoms with Crippen LogP contribution in [0.15, 0.2) is 6.20 Å². The van der Waals surface area contributed by atoms with E-state index in [0.29, 0.717) is 12.6 Å². The van der Waals surface area contributed by atoms with Gasteiger partial charge >= 0.3 is 0 Å². The molecule has 2 rings (SSSR count). The molecule has 0 saturated carbocycles. The van der Waals surface area contributed by atoms with Gasteiger partial charge in [0.25, 0.3) is 0 Å². The minimum atomic E-state index is 0. The molecular formula is C10H18ClN3OS. The molecule has 0 radical (unpaired) electrons. The van der Waals surface area contributed by atoms with E-state index < -0.39 is 0 Å². The minimum absolute atomic E-state index is 0. The maximum absolute atomic E-state index is 5.85. The number of thiazole rings is 1. The topological polar surface area (TPSA) is 51.4 Å². The van der Waals surface area contributed by atoms with E-state index >= 15 is 0 Å². The first-order valence-corrected chi connectivity index (χ1v) is 6.00. The third-order valence-corrected chi connectivity index (χ3v) is 3.51. The highest BCUT2D eigenvalue weighted by Gasteiger charge is 2.19. The molecule has 0 amide bonds. The molecule has 1 unspecified atom stereocenters. The number of aromatic nitrogens is 1. The van der Waals surface area contributed by atoms with E-state index in [0.717, 1.165) is 31.1 Å². The maximum atomic E-state index is 5.85. The monoisotopic (exact) mass is 263 g/mol. The summed E-state index contributed by atoms with van der Waals surface area (Å²) in [6.07, 6.45) is 3.01. The van der Waals surface area contributed by atoms with E-state index in [1.54, 1.807) is 18.4 Å². The van der Waals surface area contributed by atoms with Gasteiger partial charge in [-0.2, -0.15) is 0 Å². The average Bonchev–Trinajstić information content (AvgIpc) is 2.78. The Balaban J connectivity index is 0.00000128. The van der Waals surface area contributed by atoms with Crippen molar-refractivity contribution >= 4 is 23.7 Å². The molecule has 1 aromatic rings. The summed E-state index contributed by atoms with van der Waals surface area (Å²) in [5.41, 5.74) is 5.85. The lowest BCUT2D eigenvalue weighted by molar-refractivity contribution is 0.187. The van der Waals surface area contributed by atoms with Crippen molar-refractivity contribution in [3.05, 3.63) is 16.1 Å². The van der Waals surface area contributed by atoms with Gasteiger partial charge in [-0.05, 0) is 6.42 Å². The molecule has 1 fully saturated rings. The Morgan fingerprint density at radius 1 is 1.69 bits per heavy atom. The minimum Gasteiger partial charge on any atom is -0.379 e. The second kappa shape index (κ2) is 6.51. The smallest absolute Gasteiger partial charge is 0.107 e. The molecule has 16 heavy (non-hydrogen) atoms. The van der Waals surface area contributed by atoms with Gasteiger partial charge in [0, 0.05) is 32.4 Å². The van der Waals surface area contributed by atoms with Crippen molar-refractivity contribution in [1.29, 1.82) is 0 Å². The van der Waals surface area contributed by atoms with Crippen LogP contribution in [-0.2, 0) is 17.9 Å². The highest BCUT2D eigenvalue weighted by atomic mass is 35.5. The lowest BCUT2D eigenvalue weighted by atomic mass is 10.3. The summed E-state index contributed by atoms with van der Waals surface area (Å²) >= 11 is 1.73. The summed E-state index contributed by atoms with van der Waals surface area (Å²) in [5.74, 6) is 0. The molecule has 0 spiro atoms.